The van der Waals surface area contributed by atoms with Crippen LogP contribution < -0.4 is 0 Å². The molecule has 0 spiro atoms. The molecule has 0 aliphatic heterocycles. The lowest BCUT2D eigenvalue weighted by molar-refractivity contribution is 0.111. The summed E-state index contributed by atoms with van der Waals surface area (Å²) in [5.74, 6) is 0.776. The molecule has 22 heavy (non-hydrogen) atoms. The number of hydrogen-bond acceptors (Lipinski definition) is 4. The first-order valence-corrected chi connectivity index (χ1v) is 6.98. The van der Waals surface area contributed by atoms with Crippen LogP contribution in [0.1, 0.15) is 29.4 Å². The number of hydrogen-bond donors (Lipinski definition) is 0. The van der Waals surface area contributed by atoms with E-state index in [0.717, 1.165) is 35.3 Å². The third kappa shape index (κ3) is 1.95. The molecule has 0 saturated heterocycles. The normalized spacial score (nSPS) is 14.0. The summed E-state index contributed by atoms with van der Waals surface area (Å²) in [6.45, 7) is 7.17. The monoisotopic (exact) mass is 289 g/mol. The summed E-state index contributed by atoms with van der Waals surface area (Å²) < 4.78 is 2.15. The topological polar surface area (TPSA) is 65.0 Å². The van der Waals surface area contributed by atoms with Gasteiger partial charge in [0.05, 0.1) is 23.8 Å². The molecule has 1 aliphatic rings. The van der Waals surface area contributed by atoms with Crippen molar-refractivity contribution in [3.05, 3.63) is 47.6 Å². The highest BCUT2D eigenvalue weighted by Crippen LogP contribution is 2.41. The molecule has 2 heterocycles. The second kappa shape index (κ2) is 4.74. The highest BCUT2D eigenvalue weighted by molar-refractivity contribution is 5.85. The van der Waals surface area contributed by atoms with Crippen molar-refractivity contribution in [2.75, 3.05) is 0 Å². The second-order valence-corrected chi connectivity index (χ2v) is 5.31. The van der Waals surface area contributed by atoms with Crippen LogP contribution in [0.4, 0.5) is 5.69 Å². The van der Waals surface area contributed by atoms with Crippen LogP contribution in [0.2, 0.25) is 0 Å². The minimum absolute atomic E-state index is 0.286. The van der Waals surface area contributed by atoms with Gasteiger partial charge in [-0.3, -0.25) is 4.79 Å². The molecule has 106 valence electrons. The Balaban J connectivity index is 1.98. The second-order valence-electron chi connectivity index (χ2n) is 5.31. The molecule has 3 aromatic rings. The molecule has 0 N–H and O–H groups in total. The molecule has 6 heteroatoms. The molecule has 4 rings (SSSR count). The standard InChI is InChI=1S/C16H11N5O/c1-17-11-2-5-14-15(7-11)21(13-3-4-13)16(19-14)10-6-12(9-22)20-18-8-10/h2,5-9,13H,3-4H2. The predicted octanol–water partition coefficient (Wildman–Crippen LogP) is 3.19. The number of aromatic nitrogens is 4. The SMILES string of the molecule is [C-]#[N+]c1ccc2nc(-c3cnnc(C=O)c3)n(C3CC3)c2c1. The first kappa shape index (κ1) is 12.7. The van der Waals surface area contributed by atoms with Crippen LogP contribution in [0.25, 0.3) is 27.3 Å². The maximum absolute atomic E-state index is 10.9. The predicted molar refractivity (Wildman–Crippen MR) is 80.7 cm³/mol. The van der Waals surface area contributed by atoms with Crippen molar-refractivity contribution in [1.82, 2.24) is 19.7 Å². The van der Waals surface area contributed by atoms with E-state index in [0.29, 0.717) is 18.0 Å². The van der Waals surface area contributed by atoms with E-state index < -0.39 is 0 Å². The van der Waals surface area contributed by atoms with Crippen molar-refractivity contribution in [1.29, 1.82) is 0 Å². The Kier molecular flexibility index (Phi) is 2.73. The quantitative estimate of drug-likeness (QED) is 0.548. The maximum Gasteiger partial charge on any atom is 0.189 e. The van der Waals surface area contributed by atoms with Crippen LogP contribution in [0, 0.1) is 6.57 Å². The Hall–Kier alpha value is -3.07. The van der Waals surface area contributed by atoms with Crippen molar-refractivity contribution in [3.8, 4) is 11.4 Å². The fourth-order valence-corrected chi connectivity index (χ4v) is 2.62. The summed E-state index contributed by atoms with van der Waals surface area (Å²) >= 11 is 0. The number of aldehydes is 1. The average molecular weight is 289 g/mol. The van der Waals surface area contributed by atoms with Gasteiger partial charge in [0.2, 0.25) is 0 Å². The molecule has 6 nitrogen and oxygen atoms in total. The Morgan fingerprint density at radius 2 is 2.18 bits per heavy atom. The van der Waals surface area contributed by atoms with E-state index >= 15 is 0 Å². The van der Waals surface area contributed by atoms with Gasteiger partial charge in [0, 0.05) is 11.6 Å². The molecule has 0 atom stereocenters. The lowest BCUT2D eigenvalue weighted by Gasteiger charge is -2.07. The highest BCUT2D eigenvalue weighted by atomic mass is 16.1. The molecular weight excluding hydrogens is 278 g/mol. The van der Waals surface area contributed by atoms with Crippen LogP contribution in [-0.4, -0.2) is 26.0 Å². The average Bonchev–Trinajstić information content (AvgIpc) is 3.34. The Bertz CT molecular complexity index is 933. The van der Waals surface area contributed by atoms with Gasteiger partial charge in [-0.2, -0.15) is 5.10 Å². The molecular formula is C16H11N5O. The number of rotatable bonds is 3. The number of nitrogens with zero attached hydrogens (tertiary/aromatic N) is 5. The number of carbonyl (C=O) groups excluding carboxylic acids is 1. The van der Waals surface area contributed by atoms with Crippen LogP contribution in [0.3, 0.4) is 0 Å². The van der Waals surface area contributed by atoms with Crippen LogP contribution in [0.15, 0.2) is 30.5 Å². The summed E-state index contributed by atoms with van der Waals surface area (Å²) in [7, 11) is 0. The van der Waals surface area contributed by atoms with E-state index in [9.17, 15) is 4.79 Å². The summed E-state index contributed by atoms with van der Waals surface area (Å²) in [5, 5.41) is 7.63. The van der Waals surface area contributed by atoms with Crippen molar-refractivity contribution >= 4 is 23.0 Å². The van der Waals surface area contributed by atoms with Gasteiger partial charge in [0.1, 0.15) is 11.5 Å². The van der Waals surface area contributed by atoms with Gasteiger partial charge < -0.3 is 4.57 Å². The maximum atomic E-state index is 10.9. The smallest absolute Gasteiger partial charge is 0.189 e. The van der Waals surface area contributed by atoms with Gasteiger partial charge in [0.15, 0.2) is 12.0 Å². The lowest BCUT2D eigenvalue weighted by Crippen LogP contribution is -1.99. The zero-order valence-electron chi connectivity index (χ0n) is 11.6. The van der Waals surface area contributed by atoms with E-state index in [1.165, 1.54) is 0 Å². The van der Waals surface area contributed by atoms with E-state index in [1.54, 1.807) is 18.3 Å². The number of benzene rings is 1. The van der Waals surface area contributed by atoms with E-state index in [2.05, 4.69) is 24.6 Å². The summed E-state index contributed by atoms with van der Waals surface area (Å²) in [6.07, 6.45) is 4.49. The fraction of sp³-hybridized carbons (Fsp3) is 0.188. The van der Waals surface area contributed by atoms with Gasteiger partial charge in [-0.15, -0.1) is 5.10 Å². The molecule has 0 unspecified atom stereocenters. The largest absolute Gasteiger partial charge is 0.322 e. The van der Waals surface area contributed by atoms with Gasteiger partial charge in [-0.05, 0) is 31.0 Å². The Labute approximate surface area is 126 Å². The zero-order valence-corrected chi connectivity index (χ0v) is 11.6. The van der Waals surface area contributed by atoms with Crippen LogP contribution in [0.5, 0.6) is 0 Å². The third-order valence-electron chi connectivity index (χ3n) is 3.77. The molecule has 0 amide bonds. The number of imidazole rings is 1. The van der Waals surface area contributed by atoms with Crippen molar-refractivity contribution in [2.24, 2.45) is 0 Å². The van der Waals surface area contributed by atoms with Crippen LogP contribution in [-0.2, 0) is 0 Å². The first-order valence-electron chi connectivity index (χ1n) is 6.98. The van der Waals surface area contributed by atoms with Gasteiger partial charge in [-0.1, -0.05) is 6.07 Å². The van der Waals surface area contributed by atoms with Crippen LogP contribution >= 0.6 is 0 Å². The zero-order chi connectivity index (χ0) is 15.1. The summed E-state index contributed by atoms with van der Waals surface area (Å²) in [4.78, 5) is 19.1. The van der Waals surface area contributed by atoms with E-state index in [1.807, 2.05) is 12.1 Å². The van der Waals surface area contributed by atoms with Crippen molar-refractivity contribution in [3.63, 3.8) is 0 Å². The summed E-state index contributed by atoms with van der Waals surface area (Å²) in [5.41, 5.74) is 3.45. The molecule has 2 aromatic heterocycles. The van der Waals surface area contributed by atoms with E-state index in [-0.39, 0.29) is 5.69 Å². The molecule has 0 radical (unpaired) electrons. The van der Waals surface area contributed by atoms with Crippen molar-refractivity contribution < 1.29 is 4.79 Å². The molecule has 0 bridgehead atoms. The lowest BCUT2D eigenvalue weighted by atomic mass is 10.2. The van der Waals surface area contributed by atoms with Gasteiger partial charge in [0.25, 0.3) is 0 Å². The molecule has 1 aromatic carbocycles. The highest BCUT2D eigenvalue weighted by Gasteiger charge is 2.29. The van der Waals surface area contributed by atoms with E-state index in [4.69, 9.17) is 6.57 Å². The molecule has 1 aliphatic carbocycles. The Morgan fingerprint density at radius 3 is 2.91 bits per heavy atom. The summed E-state index contributed by atoms with van der Waals surface area (Å²) in [6, 6.07) is 7.59. The Morgan fingerprint density at radius 1 is 1.32 bits per heavy atom. The minimum Gasteiger partial charge on any atom is -0.322 e. The first-order chi connectivity index (χ1) is 10.8. The molecule has 1 saturated carbocycles. The number of fused-ring (bicyclic) bond motifs is 1. The fourth-order valence-electron chi connectivity index (χ4n) is 2.62. The number of carbonyl (C=O) groups is 1. The van der Waals surface area contributed by atoms with Gasteiger partial charge >= 0.3 is 0 Å². The van der Waals surface area contributed by atoms with Gasteiger partial charge in [-0.25, -0.2) is 9.83 Å². The minimum atomic E-state index is 0.286. The van der Waals surface area contributed by atoms with Crippen molar-refractivity contribution in [2.45, 2.75) is 18.9 Å². The molecule has 1 fully saturated rings. The third-order valence-corrected chi connectivity index (χ3v) is 3.77.